The van der Waals surface area contributed by atoms with Crippen molar-refractivity contribution >= 4 is 23.6 Å². The van der Waals surface area contributed by atoms with Crippen LogP contribution in [0.1, 0.15) is 52.5 Å². The van der Waals surface area contributed by atoms with Crippen molar-refractivity contribution in [1.29, 1.82) is 0 Å². The number of allylic oxidation sites excluding steroid dienone is 2. The van der Waals surface area contributed by atoms with Gasteiger partial charge in [0.1, 0.15) is 11.9 Å². The quantitative estimate of drug-likeness (QED) is 0.504. The summed E-state index contributed by atoms with van der Waals surface area (Å²) in [6, 6.07) is 5.22. The number of halogens is 1. The van der Waals surface area contributed by atoms with Crippen LogP contribution >= 0.6 is 0 Å². The summed E-state index contributed by atoms with van der Waals surface area (Å²) < 4.78 is 14.3. The molecule has 3 rings (SSSR count). The van der Waals surface area contributed by atoms with Crippen molar-refractivity contribution in [3.05, 3.63) is 47.8 Å². The maximum Gasteiger partial charge on any atom is 0.242 e. The minimum Gasteiger partial charge on any atom is -0.350 e. The smallest absolute Gasteiger partial charge is 0.242 e. The summed E-state index contributed by atoms with van der Waals surface area (Å²) in [7, 11) is 0. The van der Waals surface area contributed by atoms with Gasteiger partial charge in [-0.2, -0.15) is 0 Å². The summed E-state index contributed by atoms with van der Waals surface area (Å²) in [5.41, 5.74) is -0.219. The van der Waals surface area contributed by atoms with Gasteiger partial charge in [0.2, 0.25) is 23.6 Å². The molecule has 2 aliphatic rings. The Bertz CT molecular complexity index is 943. The van der Waals surface area contributed by atoms with E-state index < -0.39 is 23.3 Å². The van der Waals surface area contributed by atoms with Gasteiger partial charge in [-0.3, -0.25) is 24.1 Å². The van der Waals surface area contributed by atoms with Gasteiger partial charge in [0.15, 0.2) is 0 Å². The van der Waals surface area contributed by atoms with Gasteiger partial charge in [-0.25, -0.2) is 4.39 Å². The van der Waals surface area contributed by atoms with Gasteiger partial charge in [0.05, 0.1) is 11.8 Å². The van der Waals surface area contributed by atoms with E-state index in [1.54, 1.807) is 25.1 Å². The first-order chi connectivity index (χ1) is 15.5. The molecule has 0 unspecified atom stereocenters. The molecule has 1 fully saturated rings. The monoisotopic (exact) mass is 457 g/mol. The number of fused-ring (bicyclic) bond motifs is 1. The molecule has 0 bridgehead atoms. The molecule has 0 saturated carbocycles. The summed E-state index contributed by atoms with van der Waals surface area (Å²) >= 11 is 0. The lowest BCUT2D eigenvalue weighted by Crippen LogP contribution is -2.52. The van der Waals surface area contributed by atoms with Crippen LogP contribution in [0.15, 0.2) is 36.4 Å². The van der Waals surface area contributed by atoms with E-state index in [0.29, 0.717) is 12.8 Å². The highest BCUT2D eigenvalue weighted by Gasteiger charge is 2.47. The summed E-state index contributed by atoms with van der Waals surface area (Å²) in [5, 5.41) is 2.85. The molecule has 8 heteroatoms. The van der Waals surface area contributed by atoms with Crippen LogP contribution in [-0.4, -0.2) is 51.6 Å². The zero-order valence-corrected chi connectivity index (χ0v) is 19.6. The van der Waals surface area contributed by atoms with Crippen LogP contribution < -0.4 is 5.32 Å². The number of nitrogens with zero attached hydrogens (tertiary/aromatic N) is 2. The Balaban J connectivity index is 1.74. The molecule has 33 heavy (non-hydrogen) atoms. The minimum absolute atomic E-state index is 0.0507. The number of benzene rings is 1. The SMILES string of the molecule is C[C@@H](C(=O)NC(C)(C)C)N(Cc1ccccc1F)C(=O)CCN1C(=O)[C@H]2CC=CC[C@H]2C1=O. The fraction of sp³-hybridized carbons (Fsp3) is 0.520. The number of likely N-dealkylation sites (tertiary alicyclic amines) is 1. The van der Waals surface area contributed by atoms with Crippen molar-refractivity contribution in [1.82, 2.24) is 15.1 Å². The third-order valence-electron chi connectivity index (χ3n) is 6.11. The van der Waals surface area contributed by atoms with E-state index in [4.69, 9.17) is 0 Å². The predicted octanol–water partition coefficient (Wildman–Crippen LogP) is 2.80. The molecule has 1 N–H and O–H groups in total. The molecule has 1 aromatic carbocycles. The minimum atomic E-state index is -0.868. The third-order valence-corrected chi connectivity index (χ3v) is 6.11. The number of hydrogen-bond donors (Lipinski definition) is 1. The van der Waals surface area contributed by atoms with Crippen LogP contribution in [0.2, 0.25) is 0 Å². The molecule has 0 spiro atoms. The highest BCUT2D eigenvalue weighted by Crippen LogP contribution is 2.35. The molecule has 1 aromatic rings. The summed E-state index contributed by atoms with van der Waals surface area (Å²) in [6.07, 6.45) is 4.75. The number of carbonyl (C=O) groups is 4. The van der Waals surface area contributed by atoms with Crippen molar-refractivity contribution in [3.63, 3.8) is 0 Å². The maximum absolute atomic E-state index is 14.3. The molecular formula is C25H32FN3O4. The van der Waals surface area contributed by atoms with Crippen molar-refractivity contribution in [2.45, 2.75) is 65.1 Å². The van der Waals surface area contributed by atoms with Crippen LogP contribution in [0.25, 0.3) is 0 Å². The average Bonchev–Trinajstić information content (AvgIpc) is 3.00. The van der Waals surface area contributed by atoms with Gasteiger partial charge < -0.3 is 10.2 Å². The Hall–Kier alpha value is -3.03. The van der Waals surface area contributed by atoms with Crippen LogP contribution in [-0.2, 0) is 25.7 Å². The molecule has 0 radical (unpaired) electrons. The zero-order chi connectivity index (χ0) is 24.3. The van der Waals surface area contributed by atoms with Crippen LogP contribution in [0.5, 0.6) is 0 Å². The first kappa shape index (κ1) is 24.6. The predicted molar refractivity (Wildman–Crippen MR) is 121 cm³/mol. The fourth-order valence-electron chi connectivity index (χ4n) is 4.31. The van der Waals surface area contributed by atoms with Gasteiger partial charge in [0.25, 0.3) is 0 Å². The second-order valence-electron chi connectivity index (χ2n) is 9.76. The second-order valence-corrected chi connectivity index (χ2v) is 9.76. The van der Waals surface area contributed by atoms with E-state index >= 15 is 0 Å². The average molecular weight is 458 g/mol. The van der Waals surface area contributed by atoms with Gasteiger partial charge >= 0.3 is 0 Å². The van der Waals surface area contributed by atoms with Crippen LogP contribution in [0, 0.1) is 17.7 Å². The topological polar surface area (TPSA) is 86.8 Å². The van der Waals surface area contributed by atoms with Gasteiger partial charge in [-0.05, 0) is 46.6 Å². The van der Waals surface area contributed by atoms with E-state index in [2.05, 4.69) is 5.32 Å². The van der Waals surface area contributed by atoms with Gasteiger partial charge in [-0.1, -0.05) is 30.4 Å². The molecule has 0 aromatic heterocycles. The Morgan fingerprint density at radius 1 is 1.12 bits per heavy atom. The standard InChI is InChI=1S/C25H32FN3O4/c1-16(22(31)27-25(2,3)4)29(15-17-9-5-8-12-20(17)26)21(30)13-14-28-23(32)18-10-6-7-11-19(18)24(28)33/h5-9,12,16,18-19H,10-11,13-15H2,1-4H3,(H,27,31)/t16-,18-,19+/m0/s1. The van der Waals surface area contributed by atoms with Crippen LogP contribution in [0.4, 0.5) is 4.39 Å². The third kappa shape index (κ3) is 5.67. The molecule has 1 aliphatic carbocycles. The second kappa shape index (κ2) is 9.85. The van der Waals surface area contributed by atoms with Crippen molar-refractivity contribution < 1.29 is 23.6 Å². The van der Waals surface area contributed by atoms with Crippen molar-refractivity contribution in [2.75, 3.05) is 6.54 Å². The van der Waals surface area contributed by atoms with Crippen molar-refractivity contribution in [3.8, 4) is 0 Å². The van der Waals surface area contributed by atoms with E-state index in [1.165, 1.54) is 15.9 Å². The van der Waals surface area contributed by atoms with Gasteiger partial charge in [0, 0.05) is 30.6 Å². The zero-order valence-electron chi connectivity index (χ0n) is 19.6. The molecule has 4 amide bonds. The number of imide groups is 1. The molecule has 1 saturated heterocycles. The van der Waals surface area contributed by atoms with E-state index in [0.717, 1.165) is 0 Å². The number of amides is 4. The molecule has 1 heterocycles. The van der Waals surface area contributed by atoms with E-state index in [9.17, 15) is 23.6 Å². The Morgan fingerprint density at radius 2 is 1.70 bits per heavy atom. The fourth-order valence-corrected chi connectivity index (χ4v) is 4.31. The van der Waals surface area contributed by atoms with Gasteiger partial charge in [-0.15, -0.1) is 0 Å². The highest BCUT2D eigenvalue weighted by molar-refractivity contribution is 6.05. The number of rotatable bonds is 7. The van der Waals surface area contributed by atoms with Crippen molar-refractivity contribution in [2.24, 2.45) is 11.8 Å². The summed E-state index contributed by atoms with van der Waals surface area (Å²) in [5.74, 6) is -2.48. The normalized spacial score (nSPS) is 21.1. The maximum atomic E-state index is 14.3. The number of hydrogen-bond acceptors (Lipinski definition) is 4. The summed E-state index contributed by atoms with van der Waals surface area (Å²) in [6.45, 7) is 6.94. The molecule has 3 atom stereocenters. The molecular weight excluding hydrogens is 425 g/mol. The van der Waals surface area contributed by atoms with Crippen LogP contribution in [0.3, 0.4) is 0 Å². The largest absolute Gasteiger partial charge is 0.350 e. The molecule has 1 aliphatic heterocycles. The highest BCUT2D eigenvalue weighted by atomic mass is 19.1. The van der Waals surface area contributed by atoms with E-state index in [1.807, 2.05) is 32.9 Å². The lowest BCUT2D eigenvalue weighted by atomic mass is 9.85. The lowest BCUT2D eigenvalue weighted by molar-refractivity contribution is -0.144. The molecule has 7 nitrogen and oxygen atoms in total. The van der Waals surface area contributed by atoms with E-state index in [-0.39, 0.29) is 54.6 Å². The summed E-state index contributed by atoms with van der Waals surface area (Å²) in [4.78, 5) is 53.9. The first-order valence-corrected chi connectivity index (χ1v) is 11.3. The Labute approximate surface area is 194 Å². The Morgan fingerprint density at radius 3 is 2.24 bits per heavy atom. The number of carbonyl (C=O) groups excluding carboxylic acids is 4. The first-order valence-electron chi connectivity index (χ1n) is 11.3. The Kier molecular flexibility index (Phi) is 7.34. The number of nitrogens with one attached hydrogen (secondary N) is 1. The molecule has 178 valence electrons. The lowest BCUT2D eigenvalue weighted by Gasteiger charge is -2.32.